The van der Waals surface area contributed by atoms with Crippen LogP contribution in [-0.4, -0.2) is 0 Å². The van der Waals surface area contributed by atoms with Crippen molar-refractivity contribution in [3.8, 4) is 66.8 Å². The molecular weight excluding hydrogens is 1380 g/mol. The zero-order valence-electron chi connectivity index (χ0n) is 53.9. The Kier molecular flexibility index (Phi) is 16.4. The van der Waals surface area contributed by atoms with Gasteiger partial charge in [0.2, 0.25) is 0 Å². The summed E-state index contributed by atoms with van der Waals surface area (Å²) in [5.41, 5.74) is -24.2. The molecule has 0 radical (unpaired) electrons. The Morgan fingerprint density at radius 2 is 0.500 bits per heavy atom. The van der Waals surface area contributed by atoms with Crippen molar-refractivity contribution < 1.29 is 79.0 Å². The van der Waals surface area contributed by atoms with Crippen molar-refractivity contribution >= 4 is 77.0 Å². The lowest BCUT2D eigenvalue weighted by molar-refractivity contribution is -0.141. The first-order valence-electron chi connectivity index (χ1n) is 32.4. The van der Waals surface area contributed by atoms with E-state index in [-0.39, 0.29) is 57.3 Å². The number of halogens is 18. The number of alkyl halides is 18. The van der Waals surface area contributed by atoms with E-state index in [0.717, 1.165) is 23.6 Å². The number of anilines is 3. The number of fused-ring (bicyclic) bond motifs is 6. The molecule has 520 valence electrons. The highest BCUT2D eigenvalue weighted by molar-refractivity contribution is 6.12. The summed E-state index contributed by atoms with van der Waals surface area (Å²) in [5.74, 6) is -0.813. The van der Waals surface area contributed by atoms with E-state index in [9.17, 15) is 0 Å². The fourth-order valence-electron chi connectivity index (χ4n) is 15.0. The molecule has 104 heavy (non-hydrogen) atoms. The van der Waals surface area contributed by atoms with Crippen LogP contribution in [-0.2, 0) is 37.1 Å². The summed E-state index contributed by atoms with van der Waals surface area (Å²) in [6.07, 6.45) is -33.3. The molecule has 0 fully saturated rings. The second-order valence-corrected chi connectivity index (χ2v) is 25.6. The van der Waals surface area contributed by atoms with Crippen molar-refractivity contribution in [3.05, 3.63) is 299 Å². The topological polar surface area (TPSA) is 3.24 Å². The van der Waals surface area contributed by atoms with Crippen LogP contribution in [0.15, 0.2) is 255 Å². The second kappa shape index (κ2) is 25.0. The third-order valence-electron chi connectivity index (χ3n) is 19.5. The molecule has 14 aromatic carbocycles. The predicted octanol–water partition coefficient (Wildman–Crippen LogP) is 28.6. The minimum atomic E-state index is -6.22. The van der Waals surface area contributed by atoms with Crippen LogP contribution < -0.4 is 4.90 Å². The van der Waals surface area contributed by atoms with E-state index >= 15 is 79.0 Å². The van der Waals surface area contributed by atoms with E-state index in [1.807, 2.05) is 0 Å². The lowest BCUT2D eigenvalue weighted by atomic mass is 9.78. The Labute approximate surface area is 580 Å². The van der Waals surface area contributed by atoms with Gasteiger partial charge >= 0.3 is 37.1 Å². The van der Waals surface area contributed by atoms with Crippen LogP contribution in [0.25, 0.3) is 127 Å². The zero-order chi connectivity index (χ0) is 73.3. The molecule has 0 amide bonds. The molecule has 1 atom stereocenters. The highest BCUT2D eigenvalue weighted by Crippen LogP contribution is 2.59. The summed E-state index contributed by atoms with van der Waals surface area (Å²) in [6, 6.07) is 52.4. The fourth-order valence-corrected chi connectivity index (χ4v) is 15.0. The third kappa shape index (κ3) is 12.0. The van der Waals surface area contributed by atoms with Gasteiger partial charge in [0, 0.05) is 0 Å². The normalized spacial score (nSPS) is 13.9. The van der Waals surface area contributed by atoms with E-state index in [1.54, 1.807) is 140 Å². The highest BCUT2D eigenvalue weighted by Gasteiger charge is 2.49. The summed E-state index contributed by atoms with van der Waals surface area (Å²) in [4.78, 5) is -0.848. The number of hydrogen-bond donors (Lipinski definition) is 0. The Hall–Kier alpha value is -11.3. The summed E-state index contributed by atoms with van der Waals surface area (Å²) < 4.78 is 301. The van der Waals surface area contributed by atoms with Gasteiger partial charge < -0.3 is 4.90 Å². The predicted molar refractivity (Wildman–Crippen MR) is 373 cm³/mol. The van der Waals surface area contributed by atoms with E-state index in [2.05, 4.69) is 0 Å². The van der Waals surface area contributed by atoms with Crippen molar-refractivity contribution in [2.45, 2.75) is 56.3 Å². The van der Waals surface area contributed by atoms with E-state index in [0.29, 0.717) is 60.3 Å². The molecule has 1 aliphatic carbocycles. The fraction of sp³-hybridized carbons (Fsp3) is 0.106. The molecule has 0 saturated carbocycles. The van der Waals surface area contributed by atoms with Gasteiger partial charge in [0.25, 0.3) is 0 Å². The number of nitrogens with zero attached hydrogens (tertiary/aromatic N) is 1. The number of allylic oxidation sites excluding steroid dienone is 1. The minimum absolute atomic E-state index is 0.0195. The molecule has 0 aromatic heterocycles. The zero-order valence-corrected chi connectivity index (χ0v) is 53.9. The van der Waals surface area contributed by atoms with Crippen LogP contribution in [0.3, 0.4) is 0 Å². The van der Waals surface area contributed by atoms with Gasteiger partial charge in [-0.25, -0.2) is 0 Å². The van der Waals surface area contributed by atoms with Gasteiger partial charge in [-0.3, -0.25) is 0 Å². The molecule has 1 nitrogen and oxygen atoms in total. The average molecular weight is 1430 g/mol. The van der Waals surface area contributed by atoms with Crippen LogP contribution in [0, 0.1) is 0 Å². The lowest BCUT2D eigenvalue weighted by Gasteiger charge is -2.35. The average Bonchev–Trinajstić information content (AvgIpc) is 0.726. The van der Waals surface area contributed by atoms with E-state index < -0.39 is 150 Å². The van der Waals surface area contributed by atoms with E-state index in [4.69, 9.17) is 0 Å². The number of benzene rings is 14. The largest absolute Gasteiger partial charge is 0.418 e. The van der Waals surface area contributed by atoms with Crippen LogP contribution in [0.2, 0.25) is 0 Å². The van der Waals surface area contributed by atoms with E-state index in [1.165, 1.54) is 72.8 Å². The van der Waals surface area contributed by atoms with Gasteiger partial charge in [-0.1, -0.05) is 231 Å². The SMILES string of the molecule is CC1CC=Cc2c(-c3cccc4ccccc34)ccc(-c3cc(C(F)(F)F)c(N(c4cc(C(F)(F)F)c(-c5ccc(-c6cccc7ccccc67)c6ccccc56)cc4C(F)(F)F)c4cc(C(F)(F)F)c(-c5ccc(-c6cccc7ccccc67)c6ccccc56)cc4C(F)(F)F)cc3C(F)(F)F)c21. The van der Waals surface area contributed by atoms with Crippen LogP contribution in [0.4, 0.5) is 96.1 Å². The maximum Gasteiger partial charge on any atom is 0.418 e. The molecule has 1 aliphatic rings. The van der Waals surface area contributed by atoms with Crippen molar-refractivity contribution in [2.24, 2.45) is 0 Å². The molecule has 0 heterocycles. The molecule has 19 heteroatoms. The monoisotopic (exact) mass is 1430 g/mol. The van der Waals surface area contributed by atoms with Crippen molar-refractivity contribution in [1.29, 1.82) is 0 Å². The van der Waals surface area contributed by atoms with Gasteiger partial charge in [0.05, 0.1) is 50.4 Å². The van der Waals surface area contributed by atoms with Gasteiger partial charge in [0.15, 0.2) is 0 Å². The van der Waals surface area contributed by atoms with Gasteiger partial charge in [-0.15, -0.1) is 0 Å². The van der Waals surface area contributed by atoms with Gasteiger partial charge in [-0.05, 0) is 180 Å². The summed E-state index contributed by atoms with van der Waals surface area (Å²) in [5, 5.41) is 4.03. The van der Waals surface area contributed by atoms with Crippen LogP contribution >= 0.6 is 0 Å². The first-order valence-corrected chi connectivity index (χ1v) is 32.4. The van der Waals surface area contributed by atoms with Crippen LogP contribution in [0.5, 0.6) is 0 Å². The summed E-state index contributed by atoms with van der Waals surface area (Å²) in [6.45, 7) is 1.55. The summed E-state index contributed by atoms with van der Waals surface area (Å²) >= 11 is 0. The van der Waals surface area contributed by atoms with Gasteiger partial charge in [-0.2, -0.15) is 79.0 Å². The number of rotatable bonds is 9. The minimum Gasteiger partial charge on any atom is -0.309 e. The first kappa shape index (κ1) is 68.4. The lowest BCUT2D eigenvalue weighted by Crippen LogP contribution is -2.26. The molecule has 0 aliphatic heterocycles. The Morgan fingerprint density at radius 3 is 0.827 bits per heavy atom. The molecule has 0 N–H and O–H groups in total. The van der Waals surface area contributed by atoms with Crippen LogP contribution in [0.1, 0.15) is 63.8 Å². The molecule has 1 unspecified atom stereocenters. The van der Waals surface area contributed by atoms with Gasteiger partial charge in [0.1, 0.15) is 0 Å². The smallest absolute Gasteiger partial charge is 0.309 e. The van der Waals surface area contributed by atoms with Crippen molar-refractivity contribution in [1.82, 2.24) is 0 Å². The maximum atomic E-state index is 16.8. The quantitative estimate of drug-likeness (QED) is 0.130. The Balaban J connectivity index is 1.05. The molecular formula is C85H49F18N. The summed E-state index contributed by atoms with van der Waals surface area (Å²) in [7, 11) is 0. The Morgan fingerprint density at radius 1 is 0.250 bits per heavy atom. The Bertz CT molecular complexity index is 5590. The molecule has 0 bridgehead atoms. The molecule has 0 spiro atoms. The maximum absolute atomic E-state index is 16.8. The third-order valence-corrected chi connectivity index (χ3v) is 19.5. The molecule has 0 saturated heterocycles. The van der Waals surface area contributed by atoms with Crippen molar-refractivity contribution in [3.63, 3.8) is 0 Å². The molecule has 14 aromatic rings. The second-order valence-electron chi connectivity index (χ2n) is 25.6. The highest BCUT2D eigenvalue weighted by atomic mass is 19.4. The van der Waals surface area contributed by atoms with Crippen molar-refractivity contribution in [2.75, 3.05) is 4.90 Å². The number of hydrogen-bond acceptors (Lipinski definition) is 1. The first-order chi connectivity index (χ1) is 49.3. The molecule has 15 rings (SSSR count). The standard InChI is InChI=1S/C85H49F18N/c1-46-16-12-33-65-62(55-32-15-22-49-19-4-7-25-52(49)55)38-39-66(79(46)65)69-42-75(85(101,102)103)78(45-72(69)82(92,93)94)104(76-43-70(80(86,87)88)67(40-73(76)83(95,96)97)63-36-34-60(56-26-8-10-28-58(56)63)53-30-13-20-47-17-2-5-23-50(47)53)77-44-71(81(89,90)91)68(41-74(77)84(98,99)100)64-37-35-61(57-27-9-11-29-59(57)64)54-31-14-21-48-18-3-6-24-51(48)54/h2-15,17-46H,16H2,1H3.